The van der Waals surface area contributed by atoms with Crippen molar-refractivity contribution in [2.75, 3.05) is 20.4 Å². The quantitative estimate of drug-likeness (QED) is 0.00964. The van der Waals surface area contributed by atoms with Gasteiger partial charge in [0.2, 0.25) is 12.3 Å². The first-order valence-electron chi connectivity index (χ1n) is 25.3. The Morgan fingerprint density at radius 2 is 1.28 bits per heavy atom. The van der Waals surface area contributed by atoms with Crippen molar-refractivity contribution < 1.29 is 71.3 Å². The predicted molar refractivity (Wildman–Crippen MR) is 283 cm³/mol. The van der Waals surface area contributed by atoms with Crippen LogP contribution < -0.4 is 25.4 Å². The average Bonchev–Trinajstić information content (AvgIpc) is 3.98. The molecule has 0 unspecified atom stereocenters. The molecular formula is C59H62N4O15. The van der Waals surface area contributed by atoms with Gasteiger partial charge in [-0.05, 0) is 78.1 Å². The van der Waals surface area contributed by atoms with Crippen molar-refractivity contribution in [1.29, 1.82) is 0 Å². The molecule has 3 atom stereocenters. The molecule has 0 bridgehead atoms. The highest BCUT2D eigenvalue weighted by molar-refractivity contribution is 6.00. The maximum absolute atomic E-state index is 14.2. The molecule has 6 rings (SSSR count). The molecular weight excluding hydrogens is 1000 g/mol. The van der Waals surface area contributed by atoms with Gasteiger partial charge in [0.1, 0.15) is 43.1 Å². The lowest BCUT2D eigenvalue weighted by molar-refractivity contribution is -0.171. The SMILES string of the molecule is CCCCC[C@@H](C(=O)NCNC(=O)c1ccc(-c2ccc(C(=O)N[C@@H](CC(=O)OCc3ccccc3)C(=O)OCc3ccccc3)c(OCC(=O)OCc3ccccc3)c2)o1)[C@@H](CC)N(C=O)OC(=O)c1ccc(OC)cc1. The third-order valence-electron chi connectivity index (χ3n) is 12.2. The molecule has 3 N–H and O–H groups in total. The Bertz CT molecular complexity index is 2930. The Balaban J connectivity index is 1.16. The first-order valence-corrected chi connectivity index (χ1v) is 25.3. The van der Waals surface area contributed by atoms with Gasteiger partial charge in [0.05, 0.1) is 43.3 Å². The van der Waals surface area contributed by atoms with Gasteiger partial charge in [0.15, 0.2) is 12.4 Å². The Labute approximate surface area is 451 Å². The molecule has 4 amide bonds. The highest BCUT2D eigenvalue weighted by atomic mass is 16.7. The van der Waals surface area contributed by atoms with E-state index in [2.05, 4.69) is 16.0 Å². The van der Waals surface area contributed by atoms with Crippen LogP contribution >= 0.6 is 0 Å². The number of carbonyl (C=O) groups excluding carboxylic acids is 8. The van der Waals surface area contributed by atoms with Crippen LogP contribution in [0.2, 0.25) is 0 Å². The van der Waals surface area contributed by atoms with Gasteiger partial charge in [-0.2, -0.15) is 5.06 Å². The number of unbranched alkanes of at least 4 members (excludes halogenated alkanes) is 2. The first kappa shape index (κ1) is 58.0. The molecule has 19 nitrogen and oxygen atoms in total. The van der Waals surface area contributed by atoms with E-state index in [1.54, 1.807) is 97.9 Å². The predicted octanol–water partition coefficient (Wildman–Crippen LogP) is 8.06. The number of benzene rings is 5. The fourth-order valence-electron chi connectivity index (χ4n) is 7.96. The Hall–Kier alpha value is -9.26. The maximum atomic E-state index is 14.2. The molecule has 1 aromatic heterocycles. The number of hydrogen-bond donors (Lipinski definition) is 3. The number of hydroxylamine groups is 2. The van der Waals surface area contributed by atoms with E-state index >= 15 is 0 Å². The van der Waals surface area contributed by atoms with Crippen LogP contribution in [0.25, 0.3) is 11.3 Å². The molecule has 0 fully saturated rings. The zero-order valence-corrected chi connectivity index (χ0v) is 43.5. The summed E-state index contributed by atoms with van der Waals surface area (Å²) >= 11 is 0. The van der Waals surface area contributed by atoms with E-state index in [4.69, 9.17) is 32.9 Å². The molecule has 19 heteroatoms. The number of furan rings is 1. The van der Waals surface area contributed by atoms with E-state index in [1.807, 2.05) is 19.1 Å². The van der Waals surface area contributed by atoms with E-state index in [-0.39, 0.29) is 61.3 Å². The molecule has 5 aromatic carbocycles. The number of amides is 4. The third-order valence-corrected chi connectivity index (χ3v) is 12.2. The zero-order valence-electron chi connectivity index (χ0n) is 43.5. The summed E-state index contributed by atoms with van der Waals surface area (Å²) in [4.78, 5) is 112. The van der Waals surface area contributed by atoms with Gasteiger partial charge in [-0.1, -0.05) is 130 Å². The van der Waals surface area contributed by atoms with E-state index in [0.717, 1.165) is 23.5 Å². The van der Waals surface area contributed by atoms with E-state index in [1.165, 1.54) is 49.6 Å². The van der Waals surface area contributed by atoms with Crippen molar-refractivity contribution in [3.63, 3.8) is 0 Å². The number of nitrogens with one attached hydrogen (secondary N) is 3. The minimum absolute atomic E-state index is 0.0504. The third kappa shape index (κ3) is 17.7. The molecule has 408 valence electrons. The smallest absolute Gasteiger partial charge is 0.363 e. The van der Waals surface area contributed by atoms with Crippen LogP contribution in [0.5, 0.6) is 11.5 Å². The average molecular weight is 1070 g/mol. The van der Waals surface area contributed by atoms with Gasteiger partial charge < -0.3 is 48.9 Å². The lowest BCUT2D eigenvalue weighted by Crippen LogP contribution is -2.49. The van der Waals surface area contributed by atoms with Crippen LogP contribution in [0.4, 0.5) is 0 Å². The maximum Gasteiger partial charge on any atom is 0.363 e. The van der Waals surface area contributed by atoms with Crippen molar-refractivity contribution in [1.82, 2.24) is 21.0 Å². The van der Waals surface area contributed by atoms with Crippen molar-refractivity contribution in [2.45, 2.75) is 84.3 Å². The zero-order chi connectivity index (χ0) is 55.7. The Morgan fingerprint density at radius 1 is 0.667 bits per heavy atom. The summed E-state index contributed by atoms with van der Waals surface area (Å²) in [6.45, 7) is 2.50. The number of esters is 3. The molecule has 0 saturated carbocycles. The topological polar surface area (TPSA) is 244 Å². The molecule has 0 spiro atoms. The monoisotopic (exact) mass is 1070 g/mol. The van der Waals surface area contributed by atoms with Gasteiger partial charge in [-0.25, -0.2) is 14.4 Å². The lowest BCUT2D eigenvalue weighted by Gasteiger charge is -2.31. The summed E-state index contributed by atoms with van der Waals surface area (Å²) in [6.07, 6.45) is 2.68. The summed E-state index contributed by atoms with van der Waals surface area (Å²) in [6, 6.07) is 37.5. The molecule has 0 aliphatic carbocycles. The molecule has 0 aliphatic heterocycles. The Kier molecular flexibility index (Phi) is 22.6. The van der Waals surface area contributed by atoms with Crippen LogP contribution in [0.3, 0.4) is 0 Å². The number of nitrogens with zero attached hydrogens (tertiary/aromatic N) is 1. The largest absolute Gasteiger partial charge is 0.497 e. The minimum atomic E-state index is -1.52. The van der Waals surface area contributed by atoms with Gasteiger partial charge >= 0.3 is 23.9 Å². The minimum Gasteiger partial charge on any atom is -0.497 e. The molecule has 78 heavy (non-hydrogen) atoms. The molecule has 1 heterocycles. The van der Waals surface area contributed by atoms with Crippen molar-refractivity contribution in [3.8, 4) is 22.8 Å². The van der Waals surface area contributed by atoms with E-state index in [0.29, 0.717) is 41.7 Å². The fraction of sp³-hybridized carbons (Fsp3) is 0.288. The van der Waals surface area contributed by atoms with Gasteiger partial charge in [-0.3, -0.25) is 24.0 Å². The van der Waals surface area contributed by atoms with Crippen molar-refractivity contribution in [2.24, 2.45) is 5.92 Å². The number of hydrogen-bond acceptors (Lipinski definition) is 15. The standard InChI is InChI=1S/C59H62N4O15/c1-4-6-10-23-46(49(5-2)63(39-64)78-58(70)43-24-27-45(72-3)28-25-43)55(67)60-38-61-57(69)51-31-30-50(77-51)44-26-29-47(52(32-44)73-37-54(66)75-35-41-19-13-8-14-20-41)56(68)62-48(59(71)76-36-42-21-15-9-16-22-42)33-53(65)74-34-40-17-11-7-12-18-40/h7-9,11-22,24-32,39,46,48-49H,4-6,10,23,33-38H2,1-3H3,(H,60,67)(H,61,69)(H,62,68)/t46-,48+,49-/m1/s1. The summed E-state index contributed by atoms with van der Waals surface area (Å²) in [5.74, 6) is -5.84. The first-order chi connectivity index (χ1) is 37.9. The number of ether oxygens (including phenoxy) is 5. The normalized spacial score (nSPS) is 11.8. The van der Waals surface area contributed by atoms with Crippen LogP contribution in [-0.2, 0) is 62.8 Å². The van der Waals surface area contributed by atoms with Crippen molar-refractivity contribution >= 4 is 48.0 Å². The molecule has 0 saturated heterocycles. The highest BCUT2D eigenvalue weighted by Crippen LogP contribution is 2.30. The second kappa shape index (κ2) is 30.3. The van der Waals surface area contributed by atoms with Gasteiger partial charge in [-0.15, -0.1) is 0 Å². The van der Waals surface area contributed by atoms with Crippen LogP contribution in [-0.4, -0.2) is 85.5 Å². The van der Waals surface area contributed by atoms with Crippen LogP contribution in [0.1, 0.15) is 100 Å². The second-order valence-corrected chi connectivity index (χ2v) is 17.7. The molecule has 6 aromatic rings. The number of methoxy groups -OCH3 is 1. The number of carbonyl (C=O) groups is 8. The Morgan fingerprint density at radius 3 is 1.87 bits per heavy atom. The lowest BCUT2D eigenvalue weighted by atomic mass is 9.90. The number of rotatable bonds is 30. The molecule has 0 aliphatic rings. The summed E-state index contributed by atoms with van der Waals surface area (Å²) in [7, 11) is 1.49. The van der Waals surface area contributed by atoms with Crippen LogP contribution in [0.15, 0.2) is 150 Å². The van der Waals surface area contributed by atoms with E-state index in [9.17, 15) is 38.4 Å². The van der Waals surface area contributed by atoms with E-state index < -0.39 is 72.6 Å². The summed E-state index contributed by atoms with van der Waals surface area (Å²) in [5, 5.41) is 8.74. The van der Waals surface area contributed by atoms with Gasteiger partial charge in [0.25, 0.3) is 11.8 Å². The van der Waals surface area contributed by atoms with Crippen LogP contribution in [0, 0.1) is 5.92 Å². The summed E-state index contributed by atoms with van der Waals surface area (Å²) in [5.41, 5.74) is 2.40. The highest BCUT2D eigenvalue weighted by Gasteiger charge is 2.34. The van der Waals surface area contributed by atoms with Gasteiger partial charge in [0, 0.05) is 5.56 Å². The fourth-order valence-corrected chi connectivity index (χ4v) is 7.96. The van der Waals surface area contributed by atoms with Crippen molar-refractivity contribution in [3.05, 3.63) is 179 Å². The molecule has 0 radical (unpaired) electrons. The summed E-state index contributed by atoms with van der Waals surface area (Å²) < 4.78 is 33.4. The second-order valence-electron chi connectivity index (χ2n) is 17.7.